The van der Waals surface area contributed by atoms with Gasteiger partial charge in [0.25, 0.3) is 0 Å². The maximum Gasteiger partial charge on any atom is 0.0503 e. The largest absolute Gasteiger partial charge is 0.384 e. The van der Waals surface area contributed by atoms with Gasteiger partial charge in [-0.1, -0.05) is 23.7 Å². The van der Waals surface area contributed by atoms with Crippen LogP contribution in [0.25, 0.3) is 0 Å². The van der Waals surface area contributed by atoms with Gasteiger partial charge in [0.15, 0.2) is 0 Å². The topological polar surface area (TPSA) is 12.5 Å². The van der Waals surface area contributed by atoms with E-state index in [-0.39, 0.29) is 0 Å². The van der Waals surface area contributed by atoms with Gasteiger partial charge in [-0.15, -0.1) is 0 Å². The van der Waals surface area contributed by atoms with Crippen molar-refractivity contribution >= 4 is 11.6 Å². The quantitative estimate of drug-likeness (QED) is 0.845. The third-order valence-corrected chi connectivity index (χ3v) is 5.33. The summed E-state index contributed by atoms with van der Waals surface area (Å²) in [6.45, 7) is 4.45. The summed E-state index contributed by atoms with van der Waals surface area (Å²) in [6, 6.07) is 7.72. The maximum absolute atomic E-state index is 6.31. The summed E-state index contributed by atoms with van der Waals surface area (Å²) in [5.41, 5.74) is 2.84. The molecule has 0 radical (unpaired) electrons. The molecule has 0 saturated carbocycles. The average Bonchev–Trinajstić information content (AvgIpc) is 2.80. The first-order chi connectivity index (χ1) is 9.69. The number of benzene rings is 1. The zero-order valence-electron chi connectivity index (χ0n) is 12.4. The van der Waals surface area contributed by atoms with Crippen molar-refractivity contribution in [2.24, 2.45) is 5.92 Å². The van der Waals surface area contributed by atoms with Gasteiger partial charge in [0, 0.05) is 30.8 Å². The monoisotopic (exact) mass is 293 g/mol. The van der Waals surface area contributed by atoms with Gasteiger partial charge in [-0.3, -0.25) is 4.90 Å². The average molecular weight is 294 g/mol. The number of fused-ring (bicyclic) bond motifs is 1. The highest BCUT2D eigenvalue weighted by Crippen LogP contribution is 2.34. The smallest absolute Gasteiger partial charge is 0.0503 e. The third kappa shape index (κ3) is 2.74. The highest BCUT2D eigenvalue weighted by Gasteiger charge is 2.35. The number of halogens is 1. The Bertz CT molecular complexity index is 476. The number of rotatable bonds is 3. The molecule has 1 aromatic carbocycles. The predicted molar refractivity (Wildman–Crippen MR) is 83.4 cm³/mol. The standard InChI is InChI=1S/C17H24ClNO/c1-12-8-13(11-20-2)10-19(12)15-6-7-16-14(9-15)4-3-5-17(16)18/h3-5,12-13,15H,6-11H2,1-2H3. The summed E-state index contributed by atoms with van der Waals surface area (Å²) in [6.07, 6.45) is 4.78. The van der Waals surface area contributed by atoms with E-state index in [0.717, 1.165) is 24.5 Å². The molecule has 3 rings (SSSR count). The summed E-state index contributed by atoms with van der Waals surface area (Å²) >= 11 is 6.31. The number of nitrogens with zero attached hydrogens (tertiary/aromatic N) is 1. The SMILES string of the molecule is COCC1CC(C)N(C2CCc3c(Cl)cccc3C2)C1. The van der Waals surface area contributed by atoms with Crippen LogP contribution < -0.4 is 0 Å². The van der Waals surface area contributed by atoms with Crippen LogP contribution in [0.1, 0.15) is 30.9 Å². The summed E-state index contributed by atoms with van der Waals surface area (Å²) in [5.74, 6) is 0.704. The predicted octanol–water partition coefficient (Wildman–Crippen LogP) is 3.55. The molecule has 1 aromatic rings. The number of hydrogen-bond donors (Lipinski definition) is 0. The second-order valence-corrected chi connectivity index (χ2v) is 6.78. The fourth-order valence-electron chi connectivity index (χ4n) is 4.06. The van der Waals surface area contributed by atoms with Crippen molar-refractivity contribution in [1.29, 1.82) is 0 Å². The molecule has 20 heavy (non-hydrogen) atoms. The van der Waals surface area contributed by atoms with E-state index in [4.69, 9.17) is 16.3 Å². The molecular weight excluding hydrogens is 270 g/mol. The Morgan fingerprint density at radius 2 is 2.25 bits per heavy atom. The lowest BCUT2D eigenvalue weighted by atomic mass is 9.87. The first-order valence-corrected chi connectivity index (χ1v) is 8.07. The van der Waals surface area contributed by atoms with Crippen molar-refractivity contribution in [3.05, 3.63) is 34.3 Å². The first kappa shape index (κ1) is 14.4. The lowest BCUT2D eigenvalue weighted by Crippen LogP contribution is -2.41. The molecule has 1 heterocycles. The molecule has 110 valence electrons. The molecule has 1 aliphatic heterocycles. The highest BCUT2D eigenvalue weighted by molar-refractivity contribution is 6.31. The van der Waals surface area contributed by atoms with Crippen LogP contribution in [0.2, 0.25) is 5.02 Å². The van der Waals surface area contributed by atoms with Gasteiger partial charge in [0.1, 0.15) is 0 Å². The molecule has 0 N–H and O–H groups in total. The molecular formula is C17H24ClNO. The molecule has 1 fully saturated rings. The number of ether oxygens (including phenoxy) is 1. The fraction of sp³-hybridized carbons (Fsp3) is 0.647. The van der Waals surface area contributed by atoms with Crippen molar-refractivity contribution in [2.75, 3.05) is 20.3 Å². The fourth-order valence-corrected chi connectivity index (χ4v) is 4.35. The van der Waals surface area contributed by atoms with E-state index in [0.29, 0.717) is 18.0 Å². The molecule has 1 aliphatic carbocycles. The summed E-state index contributed by atoms with van der Waals surface area (Å²) in [4.78, 5) is 2.70. The van der Waals surface area contributed by atoms with Crippen molar-refractivity contribution in [3.63, 3.8) is 0 Å². The van der Waals surface area contributed by atoms with Crippen LogP contribution in [-0.4, -0.2) is 37.2 Å². The molecule has 0 spiro atoms. The second-order valence-electron chi connectivity index (χ2n) is 6.38. The molecule has 3 unspecified atom stereocenters. The van der Waals surface area contributed by atoms with Gasteiger partial charge in [0.2, 0.25) is 0 Å². The van der Waals surface area contributed by atoms with Crippen LogP contribution in [0.15, 0.2) is 18.2 Å². The van der Waals surface area contributed by atoms with E-state index < -0.39 is 0 Å². The van der Waals surface area contributed by atoms with Crippen molar-refractivity contribution in [1.82, 2.24) is 4.90 Å². The molecule has 3 atom stereocenters. The molecule has 3 heteroatoms. The highest BCUT2D eigenvalue weighted by atomic mass is 35.5. The van der Waals surface area contributed by atoms with Gasteiger partial charge in [0.05, 0.1) is 6.61 Å². The van der Waals surface area contributed by atoms with Gasteiger partial charge < -0.3 is 4.74 Å². The van der Waals surface area contributed by atoms with E-state index in [2.05, 4.69) is 24.0 Å². The van der Waals surface area contributed by atoms with E-state index in [1.807, 2.05) is 13.2 Å². The molecule has 1 saturated heterocycles. The number of methoxy groups -OCH3 is 1. The van der Waals surface area contributed by atoms with E-state index in [1.165, 1.54) is 30.5 Å². The lowest BCUT2D eigenvalue weighted by Gasteiger charge is -2.35. The Hall–Kier alpha value is -0.570. The molecule has 0 bridgehead atoms. The molecule has 0 amide bonds. The van der Waals surface area contributed by atoms with Gasteiger partial charge >= 0.3 is 0 Å². The Labute approximate surface area is 127 Å². The van der Waals surface area contributed by atoms with Crippen LogP contribution in [0.3, 0.4) is 0 Å². The Balaban J connectivity index is 1.71. The zero-order valence-corrected chi connectivity index (χ0v) is 13.2. The Morgan fingerprint density at radius 3 is 3.05 bits per heavy atom. The minimum atomic E-state index is 0.679. The summed E-state index contributed by atoms with van der Waals surface area (Å²) in [7, 11) is 1.81. The van der Waals surface area contributed by atoms with E-state index in [9.17, 15) is 0 Å². The van der Waals surface area contributed by atoms with E-state index in [1.54, 1.807) is 0 Å². The number of hydrogen-bond acceptors (Lipinski definition) is 2. The van der Waals surface area contributed by atoms with Gasteiger partial charge in [-0.05, 0) is 55.7 Å². The summed E-state index contributed by atoms with van der Waals surface area (Å²) in [5, 5.41) is 0.952. The maximum atomic E-state index is 6.31. The number of likely N-dealkylation sites (tertiary alicyclic amines) is 1. The van der Waals surface area contributed by atoms with E-state index >= 15 is 0 Å². The minimum absolute atomic E-state index is 0.679. The Kier molecular flexibility index (Phi) is 4.34. The van der Waals surface area contributed by atoms with Gasteiger partial charge in [-0.2, -0.15) is 0 Å². The van der Waals surface area contributed by atoms with Crippen molar-refractivity contribution < 1.29 is 4.74 Å². The minimum Gasteiger partial charge on any atom is -0.384 e. The van der Waals surface area contributed by atoms with Crippen molar-refractivity contribution in [2.45, 2.75) is 44.7 Å². The second kappa shape index (κ2) is 6.05. The third-order valence-electron chi connectivity index (χ3n) is 4.98. The van der Waals surface area contributed by atoms with Crippen LogP contribution >= 0.6 is 11.6 Å². The summed E-state index contributed by atoms with van der Waals surface area (Å²) < 4.78 is 5.34. The molecule has 2 aliphatic rings. The lowest BCUT2D eigenvalue weighted by molar-refractivity contribution is 0.138. The molecule has 2 nitrogen and oxygen atoms in total. The Morgan fingerprint density at radius 1 is 1.40 bits per heavy atom. The van der Waals surface area contributed by atoms with Crippen molar-refractivity contribution in [3.8, 4) is 0 Å². The van der Waals surface area contributed by atoms with Gasteiger partial charge in [-0.25, -0.2) is 0 Å². The van der Waals surface area contributed by atoms with Crippen LogP contribution in [0.5, 0.6) is 0 Å². The van der Waals surface area contributed by atoms with Crippen LogP contribution in [0.4, 0.5) is 0 Å². The zero-order chi connectivity index (χ0) is 14.1. The normalized spacial score (nSPS) is 30.4. The molecule has 0 aromatic heterocycles. The first-order valence-electron chi connectivity index (χ1n) is 7.70. The van der Waals surface area contributed by atoms with Crippen LogP contribution in [-0.2, 0) is 17.6 Å². The van der Waals surface area contributed by atoms with Crippen LogP contribution in [0, 0.1) is 5.92 Å².